The van der Waals surface area contributed by atoms with Crippen LogP contribution in [0.5, 0.6) is 0 Å². The van der Waals surface area contributed by atoms with Crippen molar-refractivity contribution in [3.8, 4) is 0 Å². The Morgan fingerprint density at radius 1 is 1.27 bits per heavy atom. The molecule has 1 aromatic heterocycles. The molecule has 1 aromatic carbocycles. The number of aromatic nitrogens is 2. The summed E-state index contributed by atoms with van der Waals surface area (Å²) in [5.74, 6) is -1.95. The second-order valence-electron chi connectivity index (χ2n) is 6.14. The molecule has 1 aliphatic rings. The third-order valence-electron chi connectivity index (χ3n) is 4.36. The number of amides is 1. The predicted molar refractivity (Wildman–Crippen MR) is 92.8 cm³/mol. The average molecular weight is 381 g/mol. The van der Waals surface area contributed by atoms with Crippen molar-refractivity contribution in [2.45, 2.75) is 6.54 Å². The molecule has 0 saturated carbocycles. The molecule has 2 aromatic rings. The zero-order valence-electron chi connectivity index (χ0n) is 14.2. The fraction of sp³-hybridized carbons (Fsp3) is 0.353. The van der Waals surface area contributed by atoms with Crippen LogP contribution in [0.4, 0.5) is 4.39 Å². The maximum atomic E-state index is 13.9. The Hall–Kier alpha value is -2.45. The van der Waals surface area contributed by atoms with Gasteiger partial charge in [-0.15, -0.1) is 0 Å². The molecule has 9 heteroatoms. The summed E-state index contributed by atoms with van der Waals surface area (Å²) >= 11 is 6.06. The Balaban J connectivity index is 1.65. The Bertz CT molecular complexity index is 826. The van der Waals surface area contributed by atoms with Crippen LogP contribution in [0.1, 0.15) is 26.4 Å². The molecule has 1 fully saturated rings. The topological polar surface area (TPSA) is 78.7 Å². The van der Waals surface area contributed by atoms with Gasteiger partial charge in [-0.05, 0) is 12.1 Å². The first-order chi connectivity index (χ1) is 12.4. The molecule has 0 radical (unpaired) electrons. The highest BCUT2D eigenvalue weighted by atomic mass is 35.5. The number of nitrogens with zero attached hydrogens (tertiary/aromatic N) is 4. The number of carboxylic acids is 1. The van der Waals surface area contributed by atoms with E-state index in [1.165, 1.54) is 16.9 Å². The summed E-state index contributed by atoms with van der Waals surface area (Å²) in [7, 11) is 1.57. The van der Waals surface area contributed by atoms with Crippen LogP contribution in [-0.4, -0.2) is 62.7 Å². The summed E-state index contributed by atoms with van der Waals surface area (Å²) in [6.07, 6.45) is 1.41. The highest BCUT2D eigenvalue weighted by Gasteiger charge is 2.28. The summed E-state index contributed by atoms with van der Waals surface area (Å²) in [5, 5.41) is 13.4. The van der Waals surface area contributed by atoms with Crippen LogP contribution in [0.2, 0.25) is 5.02 Å². The molecule has 1 amide bonds. The molecule has 7 nitrogen and oxygen atoms in total. The van der Waals surface area contributed by atoms with Crippen molar-refractivity contribution in [1.29, 1.82) is 0 Å². The monoisotopic (exact) mass is 380 g/mol. The summed E-state index contributed by atoms with van der Waals surface area (Å²) in [5.41, 5.74) is 0.262. The summed E-state index contributed by atoms with van der Waals surface area (Å²) < 4.78 is 15.2. The smallest absolute Gasteiger partial charge is 0.357 e. The van der Waals surface area contributed by atoms with E-state index in [1.54, 1.807) is 24.1 Å². The molecule has 1 aliphatic heterocycles. The van der Waals surface area contributed by atoms with E-state index in [4.69, 9.17) is 11.6 Å². The number of halogens is 2. The number of piperazine rings is 1. The summed E-state index contributed by atoms with van der Waals surface area (Å²) in [6, 6.07) is 4.58. The second kappa shape index (κ2) is 7.43. The maximum absolute atomic E-state index is 13.9. The van der Waals surface area contributed by atoms with E-state index in [2.05, 4.69) is 5.10 Å². The maximum Gasteiger partial charge on any atom is 0.357 e. The van der Waals surface area contributed by atoms with E-state index in [0.29, 0.717) is 43.3 Å². The van der Waals surface area contributed by atoms with Crippen molar-refractivity contribution in [2.24, 2.45) is 7.05 Å². The third kappa shape index (κ3) is 3.71. The van der Waals surface area contributed by atoms with E-state index in [1.807, 2.05) is 4.90 Å². The van der Waals surface area contributed by atoms with Crippen molar-refractivity contribution in [1.82, 2.24) is 19.6 Å². The summed E-state index contributed by atoms with van der Waals surface area (Å²) in [4.78, 5) is 27.5. The fourth-order valence-electron chi connectivity index (χ4n) is 2.99. The first-order valence-electron chi connectivity index (χ1n) is 8.08. The number of rotatable bonds is 4. The number of carbonyl (C=O) groups excluding carboxylic acids is 1. The van der Waals surface area contributed by atoms with Gasteiger partial charge in [0.05, 0.1) is 5.56 Å². The molecule has 2 heterocycles. The van der Waals surface area contributed by atoms with Crippen molar-refractivity contribution < 1.29 is 19.1 Å². The van der Waals surface area contributed by atoms with Crippen LogP contribution in [0.25, 0.3) is 0 Å². The van der Waals surface area contributed by atoms with Crippen molar-refractivity contribution >= 4 is 23.5 Å². The van der Waals surface area contributed by atoms with Gasteiger partial charge in [-0.2, -0.15) is 5.10 Å². The molecule has 0 bridgehead atoms. The number of aromatic carboxylic acids is 1. The number of carbonyl (C=O) groups is 2. The van der Waals surface area contributed by atoms with Gasteiger partial charge in [0.15, 0.2) is 5.69 Å². The lowest BCUT2D eigenvalue weighted by Crippen LogP contribution is -2.48. The lowest BCUT2D eigenvalue weighted by molar-refractivity contribution is 0.0607. The standard InChI is InChI=1S/C17H18ClFN4O3/c1-21-9-12(15(20-21)17(25)26)16(24)23-7-5-22(6-8-23)10-11-13(18)3-2-4-14(11)19/h2-4,9H,5-8,10H2,1H3,(H,25,26). The van der Waals surface area contributed by atoms with E-state index >= 15 is 0 Å². The van der Waals surface area contributed by atoms with E-state index < -0.39 is 5.97 Å². The molecule has 0 atom stereocenters. The zero-order chi connectivity index (χ0) is 18.8. The van der Waals surface area contributed by atoms with Crippen LogP contribution in [0.15, 0.2) is 24.4 Å². The van der Waals surface area contributed by atoms with Crippen LogP contribution < -0.4 is 0 Å². The van der Waals surface area contributed by atoms with Crippen molar-refractivity contribution in [3.05, 3.63) is 52.1 Å². The SMILES string of the molecule is Cn1cc(C(=O)N2CCN(Cc3c(F)cccc3Cl)CC2)c(C(=O)O)n1. The normalized spacial score (nSPS) is 15.3. The molecule has 138 valence electrons. The van der Waals surface area contributed by atoms with Crippen LogP contribution in [0.3, 0.4) is 0 Å². The molecule has 0 spiro atoms. The molecule has 3 rings (SSSR count). The van der Waals surface area contributed by atoms with Gasteiger partial charge < -0.3 is 10.0 Å². The molecular formula is C17H18ClFN4O3. The minimum Gasteiger partial charge on any atom is -0.476 e. The van der Waals surface area contributed by atoms with Gasteiger partial charge in [0.25, 0.3) is 5.91 Å². The minimum atomic E-state index is -1.23. The fourth-order valence-corrected chi connectivity index (χ4v) is 3.21. The van der Waals surface area contributed by atoms with Gasteiger partial charge in [0.2, 0.25) is 0 Å². The Kier molecular flexibility index (Phi) is 5.24. The lowest BCUT2D eigenvalue weighted by Gasteiger charge is -2.34. The van der Waals surface area contributed by atoms with Crippen LogP contribution >= 0.6 is 11.6 Å². The van der Waals surface area contributed by atoms with E-state index in [0.717, 1.165) is 0 Å². The van der Waals surface area contributed by atoms with Crippen LogP contribution in [0, 0.1) is 5.82 Å². The van der Waals surface area contributed by atoms with Gasteiger partial charge in [0, 0.05) is 56.6 Å². The molecule has 1 saturated heterocycles. The van der Waals surface area contributed by atoms with E-state index in [9.17, 15) is 19.1 Å². The van der Waals surface area contributed by atoms with Gasteiger partial charge in [0.1, 0.15) is 5.82 Å². The molecule has 26 heavy (non-hydrogen) atoms. The van der Waals surface area contributed by atoms with Crippen LogP contribution in [-0.2, 0) is 13.6 Å². The van der Waals surface area contributed by atoms with Crippen molar-refractivity contribution in [2.75, 3.05) is 26.2 Å². The predicted octanol–water partition coefficient (Wildman–Crippen LogP) is 1.87. The van der Waals surface area contributed by atoms with Gasteiger partial charge in [-0.1, -0.05) is 17.7 Å². The third-order valence-corrected chi connectivity index (χ3v) is 4.72. The Morgan fingerprint density at radius 2 is 1.96 bits per heavy atom. The number of benzene rings is 1. The molecule has 0 unspecified atom stereocenters. The van der Waals surface area contributed by atoms with Gasteiger partial charge >= 0.3 is 5.97 Å². The minimum absolute atomic E-state index is 0.0746. The highest BCUT2D eigenvalue weighted by Crippen LogP contribution is 2.22. The number of aryl methyl sites for hydroxylation is 1. The lowest BCUT2D eigenvalue weighted by atomic mass is 10.1. The van der Waals surface area contributed by atoms with Crippen molar-refractivity contribution in [3.63, 3.8) is 0 Å². The Labute approximate surface area is 154 Å². The van der Waals surface area contributed by atoms with Gasteiger partial charge in [-0.3, -0.25) is 14.4 Å². The quantitative estimate of drug-likeness (QED) is 0.876. The summed E-state index contributed by atoms with van der Waals surface area (Å²) in [6.45, 7) is 2.27. The number of hydrogen-bond donors (Lipinski definition) is 1. The number of carboxylic acid groups (broad SMARTS) is 1. The molecule has 1 N–H and O–H groups in total. The molecular weight excluding hydrogens is 363 g/mol. The zero-order valence-corrected chi connectivity index (χ0v) is 14.9. The number of hydrogen-bond acceptors (Lipinski definition) is 4. The average Bonchev–Trinajstić information content (AvgIpc) is 3.00. The first kappa shape index (κ1) is 18.3. The first-order valence-corrected chi connectivity index (χ1v) is 8.46. The largest absolute Gasteiger partial charge is 0.476 e. The van der Waals surface area contributed by atoms with E-state index in [-0.39, 0.29) is 23.0 Å². The molecule has 0 aliphatic carbocycles. The Morgan fingerprint density at radius 3 is 2.58 bits per heavy atom. The van der Waals surface area contributed by atoms with Gasteiger partial charge in [-0.25, -0.2) is 9.18 Å². The second-order valence-corrected chi connectivity index (χ2v) is 6.55. The highest BCUT2D eigenvalue weighted by molar-refractivity contribution is 6.31.